The first kappa shape index (κ1) is 13.6. The number of benzene rings is 3. The van der Waals surface area contributed by atoms with Gasteiger partial charge in [-0.2, -0.15) is 0 Å². The molecule has 0 spiro atoms. The SMILES string of the molecule is Cc1ccc(Cc2ccccc2-c2ccccc2C)cc1. The van der Waals surface area contributed by atoms with Crippen LogP contribution in [0.2, 0.25) is 0 Å². The highest BCUT2D eigenvalue weighted by molar-refractivity contribution is 5.70. The molecule has 3 aromatic rings. The fourth-order valence-corrected chi connectivity index (χ4v) is 2.74. The van der Waals surface area contributed by atoms with Gasteiger partial charge >= 0.3 is 0 Å². The van der Waals surface area contributed by atoms with Crippen LogP contribution in [0.15, 0.2) is 72.8 Å². The topological polar surface area (TPSA) is 0 Å². The van der Waals surface area contributed by atoms with Crippen LogP contribution >= 0.6 is 0 Å². The third kappa shape index (κ3) is 3.05. The molecule has 0 radical (unpaired) electrons. The molecule has 0 saturated carbocycles. The van der Waals surface area contributed by atoms with Crippen molar-refractivity contribution in [3.63, 3.8) is 0 Å². The van der Waals surface area contributed by atoms with E-state index in [1.54, 1.807) is 0 Å². The second-order valence-corrected chi connectivity index (χ2v) is 5.63. The summed E-state index contributed by atoms with van der Waals surface area (Å²) in [5, 5.41) is 0. The summed E-state index contributed by atoms with van der Waals surface area (Å²) in [6.45, 7) is 4.31. The van der Waals surface area contributed by atoms with Crippen LogP contribution in [-0.2, 0) is 6.42 Å². The maximum absolute atomic E-state index is 2.24. The maximum Gasteiger partial charge on any atom is -0.00196 e. The summed E-state index contributed by atoms with van der Waals surface area (Å²) >= 11 is 0. The number of hydrogen-bond donors (Lipinski definition) is 0. The minimum absolute atomic E-state index is 0.977. The molecule has 0 aliphatic heterocycles. The highest BCUT2D eigenvalue weighted by atomic mass is 14.1. The summed E-state index contributed by atoms with van der Waals surface area (Å²) < 4.78 is 0. The molecule has 0 heteroatoms. The lowest BCUT2D eigenvalue weighted by Crippen LogP contribution is -1.93. The van der Waals surface area contributed by atoms with Crippen molar-refractivity contribution in [2.45, 2.75) is 20.3 Å². The van der Waals surface area contributed by atoms with E-state index in [2.05, 4.69) is 86.6 Å². The first-order valence-corrected chi connectivity index (χ1v) is 7.43. The van der Waals surface area contributed by atoms with E-state index in [0.29, 0.717) is 0 Å². The summed E-state index contributed by atoms with van der Waals surface area (Å²) in [5.41, 5.74) is 8.06. The lowest BCUT2D eigenvalue weighted by molar-refractivity contribution is 1.19. The Kier molecular flexibility index (Phi) is 3.87. The van der Waals surface area contributed by atoms with Crippen molar-refractivity contribution in [1.82, 2.24) is 0 Å². The fourth-order valence-electron chi connectivity index (χ4n) is 2.74. The van der Waals surface area contributed by atoms with Crippen LogP contribution in [0.1, 0.15) is 22.3 Å². The average Bonchev–Trinajstić information content (AvgIpc) is 2.51. The molecule has 0 amide bonds. The fraction of sp³-hybridized carbons (Fsp3) is 0.143. The summed E-state index contributed by atoms with van der Waals surface area (Å²) in [6.07, 6.45) is 0.977. The molecule has 0 unspecified atom stereocenters. The van der Waals surface area contributed by atoms with E-state index < -0.39 is 0 Å². The Balaban J connectivity index is 2.00. The van der Waals surface area contributed by atoms with Gasteiger partial charge in [-0.25, -0.2) is 0 Å². The average molecular weight is 272 g/mol. The minimum Gasteiger partial charge on any atom is -0.0620 e. The molecule has 0 aliphatic rings. The number of hydrogen-bond acceptors (Lipinski definition) is 0. The molecule has 3 rings (SSSR count). The Bertz CT molecular complexity index is 736. The van der Waals surface area contributed by atoms with E-state index in [0.717, 1.165) is 6.42 Å². The van der Waals surface area contributed by atoms with E-state index >= 15 is 0 Å². The van der Waals surface area contributed by atoms with Gasteiger partial charge in [-0.05, 0) is 48.1 Å². The van der Waals surface area contributed by atoms with E-state index in [9.17, 15) is 0 Å². The highest BCUT2D eigenvalue weighted by Crippen LogP contribution is 2.28. The largest absolute Gasteiger partial charge is 0.0620 e. The molecule has 0 bridgehead atoms. The third-order valence-corrected chi connectivity index (χ3v) is 3.97. The van der Waals surface area contributed by atoms with Gasteiger partial charge in [-0.1, -0.05) is 78.4 Å². The molecule has 104 valence electrons. The lowest BCUT2D eigenvalue weighted by atomic mass is 9.92. The molecule has 0 nitrogen and oxygen atoms in total. The van der Waals surface area contributed by atoms with Crippen LogP contribution < -0.4 is 0 Å². The van der Waals surface area contributed by atoms with E-state index in [1.165, 1.54) is 33.4 Å². The van der Waals surface area contributed by atoms with E-state index in [4.69, 9.17) is 0 Å². The summed E-state index contributed by atoms with van der Waals surface area (Å²) in [4.78, 5) is 0. The van der Waals surface area contributed by atoms with Crippen molar-refractivity contribution in [1.29, 1.82) is 0 Å². The second kappa shape index (κ2) is 5.97. The molecule has 0 heterocycles. The van der Waals surface area contributed by atoms with Crippen LogP contribution in [0.3, 0.4) is 0 Å². The van der Waals surface area contributed by atoms with Crippen LogP contribution in [0.25, 0.3) is 11.1 Å². The second-order valence-electron chi connectivity index (χ2n) is 5.63. The molecular formula is C21H20. The van der Waals surface area contributed by atoms with Crippen molar-refractivity contribution in [3.05, 3.63) is 95.1 Å². The molecule has 0 aromatic heterocycles. The normalized spacial score (nSPS) is 10.6. The minimum atomic E-state index is 0.977. The Morgan fingerprint density at radius 2 is 1.24 bits per heavy atom. The van der Waals surface area contributed by atoms with Gasteiger partial charge in [0.15, 0.2) is 0 Å². The number of aryl methyl sites for hydroxylation is 2. The Morgan fingerprint density at radius 1 is 0.619 bits per heavy atom. The molecule has 0 saturated heterocycles. The predicted octanol–water partition coefficient (Wildman–Crippen LogP) is 5.56. The standard InChI is InChI=1S/C21H20/c1-16-11-13-18(14-12-16)15-19-8-4-6-10-21(19)20-9-5-3-7-17(20)2/h3-14H,15H2,1-2H3. The quantitative estimate of drug-likeness (QED) is 0.585. The van der Waals surface area contributed by atoms with Gasteiger partial charge in [0.2, 0.25) is 0 Å². The summed E-state index contributed by atoms with van der Waals surface area (Å²) in [6, 6.07) is 26.2. The van der Waals surface area contributed by atoms with Gasteiger partial charge in [0.25, 0.3) is 0 Å². The zero-order valence-corrected chi connectivity index (χ0v) is 12.6. The molecule has 3 aromatic carbocycles. The van der Waals surface area contributed by atoms with Gasteiger partial charge in [0.05, 0.1) is 0 Å². The molecule has 21 heavy (non-hydrogen) atoms. The molecule has 0 aliphatic carbocycles. The summed E-state index contributed by atoms with van der Waals surface area (Å²) in [7, 11) is 0. The van der Waals surface area contributed by atoms with Gasteiger partial charge < -0.3 is 0 Å². The van der Waals surface area contributed by atoms with Crippen LogP contribution in [0.4, 0.5) is 0 Å². The van der Waals surface area contributed by atoms with Gasteiger partial charge in [0.1, 0.15) is 0 Å². The molecule has 0 atom stereocenters. The lowest BCUT2D eigenvalue weighted by Gasteiger charge is -2.12. The van der Waals surface area contributed by atoms with Gasteiger partial charge in [-0.15, -0.1) is 0 Å². The van der Waals surface area contributed by atoms with Crippen molar-refractivity contribution in [2.24, 2.45) is 0 Å². The summed E-state index contributed by atoms with van der Waals surface area (Å²) in [5.74, 6) is 0. The predicted molar refractivity (Wildman–Crippen MR) is 90.6 cm³/mol. The third-order valence-electron chi connectivity index (χ3n) is 3.97. The zero-order valence-electron chi connectivity index (χ0n) is 12.6. The smallest absolute Gasteiger partial charge is 0.00196 e. The first-order valence-electron chi connectivity index (χ1n) is 7.43. The Morgan fingerprint density at radius 3 is 1.95 bits per heavy atom. The van der Waals surface area contributed by atoms with Crippen LogP contribution in [0.5, 0.6) is 0 Å². The molecule has 0 N–H and O–H groups in total. The highest BCUT2D eigenvalue weighted by Gasteiger charge is 2.07. The molecular weight excluding hydrogens is 252 g/mol. The van der Waals surface area contributed by atoms with Gasteiger partial charge in [-0.3, -0.25) is 0 Å². The van der Waals surface area contributed by atoms with Crippen LogP contribution in [0, 0.1) is 13.8 Å². The van der Waals surface area contributed by atoms with Gasteiger partial charge in [0, 0.05) is 0 Å². The van der Waals surface area contributed by atoms with Crippen molar-refractivity contribution in [3.8, 4) is 11.1 Å². The molecule has 0 fully saturated rings. The van der Waals surface area contributed by atoms with Crippen LogP contribution in [-0.4, -0.2) is 0 Å². The Hall–Kier alpha value is -2.34. The van der Waals surface area contributed by atoms with Crippen molar-refractivity contribution in [2.75, 3.05) is 0 Å². The Labute approximate surface area is 127 Å². The maximum atomic E-state index is 2.24. The monoisotopic (exact) mass is 272 g/mol. The first-order chi connectivity index (χ1) is 10.2. The van der Waals surface area contributed by atoms with E-state index in [1.807, 2.05) is 0 Å². The zero-order chi connectivity index (χ0) is 14.7. The van der Waals surface area contributed by atoms with Crippen molar-refractivity contribution < 1.29 is 0 Å². The number of rotatable bonds is 3. The van der Waals surface area contributed by atoms with E-state index in [-0.39, 0.29) is 0 Å². The van der Waals surface area contributed by atoms with Crippen molar-refractivity contribution >= 4 is 0 Å².